The summed E-state index contributed by atoms with van der Waals surface area (Å²) in [6.07, 6.45) is 4.06. The highest BCUT2D eigenvalue weighted by Gasteiger charge is 2.30. The lowest BCUT2D eigenvalue weighted by Gasteiger charge is -2.23. The van der Waals surface area contributed by atoms with Crippen molar-refractivity contribution in [3.8, 4) is 0 Å². The predicted molar refractivity (Wildman–Crippen MR) is 78.6 cm³/mol. The fourth-order valence-corrected chi connectivity index (χ4v) is 2.46. The van der Waals surface area contributed by atoms with Gasteiger partial charge in [0.1, 0.15) is 0 Å². The van der Waals surface area contributed by atoms with Crippen molar-refractivity contribution in [2.45, 2.75) is 58.9 Å². The molecule has 1 saturated carbocycles. The van der Waals surface area contributed by atoms with Gasteiger partial charge in [-0.1, -0.05) is 40.0 Å². The van der Waals surface area contributed by atoms with Gasteiger partial charge in [-0.15, -0.1) is 0 Å². The van der Waals surface area contributed by atoms with Crippen LogP contribution in [0.1, 0.15) is 52.9 Å². The Morgan fingerprint density at radius 1 is 1.10 bits per heavy atom. The molecule has 0 spiro atoms. The van der Waals surface area contributed by atoms with Gasteiger partial charge in [-0.3, -0.25) is 14.4 Å². The Morgan fingerprint density at radius 2 is 1.71 bits per heavy atom. The molecule has 120 valence electrons. The Balaban J connectivity index is 2.51. The van der Waals surface area contributed by atoms with Crippen molar-refractivity contribution in [3.63, 3.8) is 0 Å². The molecular weight excluding hydrogens is 272 g/mol. The van der Waals surface area contributed by atoms with Crippen LogP contribution in [0.15, 0.2) is 0 Å². The van der Waals surface area contributed by atoms with Gasteiger partial charge in [0.15, 0.2) is 0 Å². The molecule has 6 nitrogen and oxygen atoms in total. The van der Waals surface area contributed by atoms with Crippen molar-refractivity contribution in [3.05, 3.63) is 0 Å². The molecule has 1 rings (SSSR count). The molecular formula is C15H26N2O4. The number of rotatable bonds is 4. The van der Waals surface area contributed by atoms with Crippen molar-refractivity contribution in [2.24, 2.45) is 11.3 Å². The van der Waals surface area contributed by atoms with E-state index in [1.54, 1.807) is 20.8 Å². The Labute approximate surface area is 125 Å². The molecule has 0 aromatic rings. The lowest BCUT2D eigenvalue weighted by molar-refractivity contribution is -0.143. The topological polar surface area (TPSA) is 95.5 Å². The fourth-order valence-electron chi connectivity index (χ4n) is 2.46. The number of hydrogen-bond donors (Lipinski definition) is 3. The van der Waals surface area contributed by atoms with Gasteiger partial charge < -0.3 is 15.7 Å². The summed E-state index contributed by atoms with van der Waals surface area (Å²) in [5.41, 5.74) is -0.549. The van der Waals surface area contributed by atoms with Gasteiger partial charge in [-0.25, -0.2) is 0 Å². The summed E-state index contributed by atoms with van der Waals surface area (Å²) >= 11 is 0. The van der Waals surface area contributed by atoms with E-state index < -0.39 is 17.3 Å². The maximum Gasteiger partial charge on any atom is 0.308 e. The number of hydrogen-bond acceptors (Lipinski definition) is 3. The Bertz CT molecular complexity index is 401. The van der Waals surface area contributed by atoms with E-state index in [9.17, 15) is 19.5 Å². The second kappa shape index (κ2) is 7.43. The zero-order valence-corrected chi connectivity index (χ0v) is 13.1. The van der Waals surface area contributed by atoms with E-state index in [-0.39, 0.29) is 24.4 Å². The smallest absolute Gasteiger partial charge is 0.308 e. The normalized spacial score (nSPS) is 23.0. The zero-order valence-electron chi connectivity index (χ0n) is 13.1. The standard InChI is InChI=1S/C15H26N2O4/c1-15(2,3)14(21)16-9-12(18)17-11-8-6-4-5-7-10(11)13(19)20/h10-11H,4-9H2,1-3H3,(H,16,21)(H,17,18)(H,19,20)/t10-,11+/m1/s1. The highest BCUT2D eigenvalue weighted by molar-refractivity contribution is 5.87. The second-order valence-electron chi connectivity index (χ2n) is 6.69. The highest BCUT2D eigenvalue weighted by Crippen LogP contribution is 2.23. The number of carboxylic acid groups (broad SMARTS) is 1. The Morgan fingerprint density at radius 3 is 2.29 bits per heavy atom. The van der Waals surface area contributed by atoms with Crippen LogP contribution in [0.3, 0.4) is 0 Å². The van der Waals surface area contributed by atoms with Gasteiger partial charge in [0, 0.05) is 11.5 Å². The van der Waals surface area contributed by atoms with Gasteiger partial charge in [-0.05, 0) is 12.8 Å². The monoisotopic (exact) mass is 298 g/mol. The first-order valence-electron chi connectivity index (χ1n) is 7.52. The molecule has 21 heavy (non-hydrogen) atoms. The minimum atomic E-state index is -0.860. The van der Waals surface area contributed by atoms with E-state index in [4.69, 9.17) is 0 Å². The minimum absolute atomic E-state index is 0.112. The quantitative estimate of drug-likeness (QED) is 0.682. The molecule has 0 aromatic heterocycles. The summed E-state index contributed by atoms with van der Waals surface area (Å²) in [6, 6.07) is -0.343. The summed E-state index contributed by atoms with van der Waals surface area (Å²) in [5, 5.41) is 14.6. The van der Waals surface area contributed by atoms with E-state index in [0.717, 1.165) is 19.3 Å². The zero-order chi connectivity index (χ0) is 16.0. The van der Waals surface area contributed by atoms with Crippen LogP contribution in [0.4, 0.5) is 0 Å². The molecule has 0 radical (unpaired) electrons. The van der Waals surface area contributed by atoms with Crippen molar-refractivity contribution < 1.29 is 19.5 Å². The van der Waals surface area contributed by atoms with Gasteiger partial charge in [0.25, 0.3) is 0 Å². The minimum Gasteiger partial charge on any atom is -0.481 e. The molecule has 6 heteroatoms. The van der Waals surface area contributed by atoms with Crippen LogP contribution in [0.5, 0.6) is 0 Å². The van der Waals surface area contributed by atoms with Crippen LogP contribution in [-0.4, -0.2) is 35.5 Å². The van der Waals surface area contributed by atoms with Crippen LogP contribution >= 0.6 is 0 Å². The van der Waals surface area contributed by atoms with E-state index in [1.165, 1.54) is 0 Å². The summed E-state index contributed by atoms with van der Waals surface area (Å²) in [4.78, 5) is 34.9. The molecule has 1 fully saturated rings. The predicted octanol–water partition coefficient (Wildman–Crippen LogP) is 1.30. The maximum absolute atomic E-state index is 11.9. The van der Waals surface area contributed by atoms with Crippen molar-refractivity contribution in [2.75, 3.05) is 6.54 Å². The lowest BCUT2D eigenvalue weighted by Crippen LogP contribution is -2.48. The number of carbonyl (C=O) groups is 3. The van der Waals surface area contributed by atoms with Crippen LogP contribution in [0.2, 0.25) is 0 Å². The maximum atomic E-state index is 11.9. The molecule has 0 heterocycles. The first-order valence-corrected chi connectivity index (χ1v) is 7.52. The molecule has 3 N–H and O–H groups in total. The largest absolute Gasteiger partial charge is 0.481 e. The van der Waals surface area contributed by atoms with Gasteiger partial charge in [0.2, 0.25) is 11.8 Å². The average Bonchev–Trinajstić information content (AvgIpc) is 2.60. The van der Waals surface area contributed by atoms with E-state index >= 15 is 0 Å². The van der Waals surface area contributed by atoms with Crippen LogP contribution < -0.4 is 10.6 Å². The molecule has 0 aromatic carbocycles. The summed E-state index contributed by atoms with van der Waals surface area (Å²) in [5.74, 6) is -1.92. The van der Waals surface area contributed by atoms with E-state index in [1.807, 2.05) is 0 Å². The summed E-state index contributed by atoms with van der Waals surface area (Å²) in [6.45, 7) is 5.20. The van der Waals surface area contributed by atoms with Crippen LogP contribution in [0, 0.1) is 11.3 Å². The first-order chi connectivity index (χ1) is 9.71. The SMILES string of the molecule is CC(C)(C)C(=O)NCC(=O)N[C@H]1CCCCC[C@H]1C(=O)O. The molecule has 0 aliphatic heterocycles. The molecule has 2 amide bonds. The molecule has 1 aliphatic carbocycles. The number of amides is 2. The van der Waals surface area contributed by atoms with E-state index in [2.05, 4.69) is 10.6 Å². The number of carbonyl (C=O) groups excluding carboxylic acids is 2. The second-order valence-corrected chi connectivity index (χ2v) is 6.69. The first kappa shape index (κ1) is 17.5. The third-order valence-electron chi connectivity index (χ3n) is 3.77. The fraction of sp³-hybridized carbons (Fsp3) is 0.800. The highest BCUT2D eigenvalue weighted by atomic mass is 16.4. The third-order valence-corrected chi connectivity index (χ3v) is 3.77. The molecule has 0 bridgehead atoms. The van der Waals surface area contributed by atoms with Crippen molar-refractivity contribution >= 4 is 17.8 Å². The van der Waals surface area contributed by atoms with Crippen molar-refractivity contribution in [1.29, 1.82) is 0 Å². The lowest BCUT2D eigenvalue weighted by atomic mass is 9.94. The Hall–Kier alpha value is -1.59. The summed E-state index contributed by atoms with van der Waals surface area (Å²) < 4.78 is 0. The van der Waals surface area contributed by atoms with E-state index in [0.29, 0.717) is 12.8 Å². The summed E-state index contributed by atoms with van der Waals surface area (Å²) in [7, 11) is 0. The van der Waals surface area contributed by atoms with Gasteiger partial charge in [0.05, 0.1) is 12.5 Å². The van der Waals surface area contributed by atoms with Gasteiger partial charge in [-0.2, -0.15) is 0 Å². The van der Waals surface area contributed by atoms with Gasteiger partial charge >= 0.3 is 5.97 Å². The van der Waals surface area contributed by atoms with Crippen molar-refractivity contribution in [1.82, 2.24) is 10.6 Å². The van der Waals surface area contributed by atoms with Crippen LogP contribution in [0.25, 0.3) is 0 Å². The number of nitrogens with one attached hydrogen (secondary N) is 2. The number of carboxylic acids is 1. The average molecular weight is 298 g/mol. The van der Waals surface area contributed by atoms with Crippen LogP contribution in [-0.2, 0) is 14.4 Å². The third kappa shape index (κ3) is 5.73. The molecule has 0 unspecified atom stereocenters. The molecule has 1 aliphatic rings. The molecule has 2 atom stereocenters. The number of aliphatic carboxylic acids is 1. The molecule has 0 saturated heterocycles. The Kier molecular flexibility index (Phi) is 6.18.